The van der Waals surface area contributed by atoms with Crippen molar-refractivity contribution in [1.29, 1.82) is 0 Å². The molecular formula is C18H23N3O4. The first-order valence-electron chi connectivity index (χ1n) is 8.29. The first-order chi connectivity index (χ1) is 12.1. The minimum Gasteiger partial charge on any atom is -0.493 e. The topological polar surface area (TPSA) is 81.7 Å². The van der Waals surface area contributed by atoms with Gasteiger partial charge in [0.25, 0.3) is 0 Å². The second-order valence-electron chi connectivity index (χ2n) is 5.97. The number of ether oxygens (including phenoxy) is 3. The molecule has 1 aliphatic carbocycles. The van der Waals surface area contributed by atoms with Crippen LogP contribution in [-0.4, -0.2) is 43.7 Å². The predicted molar refractivity (Wildman–Crippen MR) is 94.8 cm³/mol. The summed E-state index contributed by atoms with van der Waals surface area (Å²) in [6.45, 7) is 2.50. The molecule has 1 fully saturated rings. The lowest BCUT2D eigenvalue weighted by Crippen LogP contribution is -2.57. The van der Waals surface area contributed by atoms with Crippen LogP contribution in [0.2, 0.25) is 0 Å². The SMILES string of the molecule is CCOc1ccc(NC(=O)NC2CC(OC)(OC)C2)c2ncccc12. The Morgan fingerprint density at radius 3 is 2.72 bits per heavy atom. The maximum Gasteiger partial charge on any atom is 0.319 e. The summed E-state index contributed by atoms with van der Waals surface area (Å²) in [4.78, 5) is 16.7. The lowest BCUT2D eigenvalue weighted by Gasteiger charge is -2.45. The number of nitrogens with one attached hydrogen (secondary N) is 2. The van der Waals surface area contributed by atoms with Crippen molar-refractivity contribution in [2.24, 2.45) is 0 Å². The Morgan fingerprint density at radius 2 is 2.04 bits per heavy atom. The monoisotopic (exact) mass is 345 g/mol. The summed E-state index contributed by atoms with van der Waals surface area (Å²) in [5, 5.41) is 6.66. The Hall–Kier alpha value is -2.38. The number of benzene rings is 1. The smallest absolute Gasteiger partial charge is 0.319 e. The standard InChI is InChI=1S/C18H23N3O4/c1-4-25-15-8-7-14(16-13(15)6-5-9-19-16)21-17(22)20-12-10-18(11-12,23-2)24-3/h5-9,12H,4,10-11H2,1-3H3,(H2,20,21,22). The van der Waals surface area contributed by atoms with Crippen LogP contribution in [-0.2, 0) is 9.47 Å². The molecule has 7 nitrogen and oxygen atoms in total. The van der Waals surface area contributed by atoms with Gasteiger partial charge in [0.15, 0.2) is 5.79 Å². The highest BCUT2D eigenvalue weighted by Gasteiger charge is 2.45. The number of aromatic nitrogens is 1. The largest absolute Gasteiger partial charge is 0.493 e. The number of carbonyl (C=O) groups is 1. The predicted octanol–water partition coefficient (Wildman–Crippen LogP) is 2.91. The van der Waals surface area contributed by atoms with Crippen molar-refractivity contribution in [2.75, 3.05) is 26.1 Å². The normalized spacial score (nSPS) is 16.3. The summed E-state index contributed by atoms with van der Waals surface area (Å²) in [6.07, 6.45) is 2.93. The van der Waals surface area contributed by atoms with E-state index in [4.69, 9.17) is 14.2 Å². The second-order valence-corrected chi connectivity index (χ2v) is 5.97. The third-order valence-electron chi connectivity index (χ3n) is 4.47. The quantitative estimate of drug-likeness (QED) is 0.787. The third-order valence-corrected chi connectivity index (χ3v) is 4.47. The number of amides is 2. The molecular weight excluding hydrogens is 322 g/mol. The zero-order valence-corrected chi connectivity index (χ0v) is 14.7. The van der Waals surface area contributed by atoms with Gasteiger partial charge in [0.05, 0.1) is 17.8 Å². The minimum atomic E-state index is -0.578. The fourth-order valence-corrected chi connectivity index (χ4v) is 3.08. The van der Waals surface area contributed by atoms with Gasteiger partial charge in [0, 0.05) is 44.7 Å². The van der Waals surface area contributed by atoms with Crippen molar-refractivity contribution >= 4 is 22.6 Å². The zero-order chi connectivity index (χ0) is 17.9. The molecule has 3 rings (SSSR count). The molecule has 0 radical (unpaired) electrons. The summed E-state index contributed by atoms with van der Waals surface area (Å²) in [5.74, 6) is 0.172. The number of rotatable bonds is 6. The maximum absolute atomic E-state index is 12.3. The molecule has 0 aliphatic heterocycles. The van der Waals surface area contributed by atoms with E-state index in [0.717, 1.165) is 11.1 Å². The van der Waals surface area contributed by atoms with Crippen molar-refractivity contribution in [2.45, 2.75) is 31.6 Å². The summed E-state index contributed by atoms with van der Waals surface area (Å²) in [5.41, 5.74) is 1.33. The van der Waals surface area contributed by atoms with Crippen molar-refractivity contribution < 1.29 is 19.0 Å². The van der Waals surface area contributed by atoms with E-state index in [0.29, 0.717) is 30.7 Å². The fourth-order valence-electron chi connectivity index (χ4n) is 3.08. The fraction of sp³-hybridized carbons (Fsp3) is 0.444. The van der Waals surface area contributed by atoms with E-state index in [1.165, 1.54) is 0 Å². The first-order valence-corrected chi connectivity index (χ1v) is 8.29. The van der Waals surface area contributed by atoms with Gasteiger partial charge in [-0.05, 0) is 31.2 Å². The van der Waals surface area contributed by atoms with Crippen molar-refractivity contribution in [1.82, 2.24) is 10.3 Å². The molecule has 1 aliphatic rings. The average molecular weight is 345 g/mol. The minimum absolute atomic E-state index is 0.0156. The molecule has 2 amide bonds. The molecule has 0 spiro atoms. The van der Waals surface area contributed by atoms with Crippen molar-refractivity contribution in [3.63, 3.8) is 0 Å². The molecule has 0 bridgehead atoms. The van der Waals surface area contributed by atoms with Crippen LogP contribution < -0.4 is 15.4 Å². The number of fused-ring (bicyclic) bond motifs is 1. The maximum atomic E-state index is 12.3. The number of urea groups is 1. The molecule has 134 valence electrons. The first kappa shape index (κ1) is 17.4. The number of methoxy groups -OCH3 is 2. The van der Waals surface area contributed by atoms with E-state index >= 15 is 0 Å². The van der Waals surface area contributed by atoms with Crippen LogP contribution in [0, 0.1) is 0 Å². The van der Waals surface area contributed by atoms with E-state index in [1.54, 1.807) is 26.5 Å². The Morgan fingerprint density at radius 1 is 1.28 bits per heavy atom. The summed E-state index contributed by atoms with van der Waals surface area (Å²) in [7, 11) is 3.22. The van der Waals surface area contributed by atoms with Gasteiger partial charge in [-0.1, -0.05) is 0 Å². The Kier molecular flexibility index (Phi) is 5.06. The third kappa shape index (κ3) is 3.52. The highest BCUT2D eigenvalue weighted by Crippen LogP contribution is 2.36. The van der Waals surface area contributed by atoms with E-state index in [1.807, 2.05) is 25.1 Å². The summed E-state index contributed by atoms with van der Waals surface area (Å²) < 4.78 is 16.3. The number of anilines is 1. The number of carbonyl (C=O) groups excluding carboxylic acids is 1. The Balaban J connectivity index is 1.69. The lowest BCUT2D eigenvalue weighted by atomic mass is 9.85. The van der Waals surface area contributed by atoms with Gasteiger partial charge in [-0.15, -0.1) is 0 Å². The molecule has 2 aromatic rings. The molecule has 1 saturated carbocycles. The van der Waals surface area contributed by atoms with Crippen molar-refractivity contribution in [3.05, 3.63) is 30.5 Å². The van der Waals surface area contributed by atoms with Crippen molar-refractivity contribution in [3.8, 4) is 5.75 Å². The number of hydrogen-bond donors (Lipinski definition) is 2. The molecule has 1 aromatic heterocycles. The van der Waals surface area contributed by atoms with Crippen LogP contribution in [0.1, 0.15) is 19.8 Å². The van der Waals surface area contributed by atoms with Gasteiger partial charge in [0.2, 0.25) is 0 Å². The number of nitrogens with zero attached hydrogens (tertiary/aromatic N) is 1. The van der Waals surface area contributed by atoms with Crippen LogP contribution in [0.5, 0.6) is 5.75 Å². The van der Waals surface area contributed by atoms with E-state index in [9.17, 15) is 4.79 Å². The van der Waals surface area contributed by atoms with Gasteiger partial charge in [-0.2, -0.15) is 0 Å². The number of pyridine rings is 1. The molecule has 0 saturated heterocycles. The second kappa shape index (κ2) is 7.25. The molecule has 25 heavy (non-hydrogen) atoms. The lowest BCUT2D eigenvalue weighted by molar-refractivity contribution is -0.258. The molecule has 0 atom stereocenters. The van der Waals surface area contributed by atoms with Gasteiger partial charge in [-0.25, -0.2) is 4.79 Å². The van der Waals surface area contributed by atoms with Crippen LogP contribution in [0.15, 0.2) is 30.5 Å². The van der Waals surface area contributed by atoms with Crippen LogP contribution in [0.3, 0.4) is 0 Å². The van der Waals surface area contributed by atoms with E-state index in [-0.39, 0.29) is 12.1 Å². The molecule has 7 heteroatoms. The molecule has 0 unspecified atom stereocenters. The highest BCUT2D eigenvalue weighted by atomic mass is 16.7. The molecule has 1 heterocycles. The Labute approximate surface area is 146 Å². The van der Waals surface area contributed by atoms with Gasteiger partial charge in [-0.3, -0.25) is 4.98 Å². The Bertz CT molecular complexity index is 753. The van der Waals surface area contributed by atoms with E-state index in [2.05, 4.69) is 15.6 Å². The van der Waals surface area contributed by atoms with Gasteiger partial charge < -0.3 is 24.8 Å². The van der Waals surface area contributed by atoms with Crippen LogP contribution in [0.25, 0.3) is 10.9 Å². The summed E-state index contributed by atoms with van der Waals surface area (Å²) >= 11 is 0. The molecule has 2 N–H and O–H groups in total. The van der Waals surface area contributed by atoms with Gasteiger partial charge in [0.1, 0.15) is 5.75 Å². The van der Waals surface area contributed by atoms with Gasteiger partial charge >= 0.3 is 6.03 Å². The molecule has 1 aromatic carbocycles. The zero-order valence-electron chi connectivity index (χ0n) is 14.7. The average Bonchev–Trinajstić information content (AvgIpc) is 2.60. The number of hydrogen-bond acceptors (Lipinski definition) is 5. The highest BCUT2D eigenvalue weighted by molar-refractivity contribution is 6.01. The summed E-state index contributed by atoms with van der Waals surface area (Å²) in [6, 6.07) is 7.15. The van der Waals surface area contributed by atoms with E-state index < -0.39 is 5.79 Å². The van der Waals surface area contributed by atoms with Crippen LogP contribution in [0.4, 0.5) is 10.5 Å². The van der Waals surface area contributed by atoms with Crippen LogP contribution >= 0.6 is 0 Å².